The van der Waals surface area contributed by atoms with Crippen molar-refractivity contribution in [3.8, 4) is 11.1 Å². The first-order chi connectivity index (χ1) is 17.2. The molecule has 4 aromatic rings. The van der Waals surface area contributed by atoms with Gasteiger partial charge in [0.05, 0.1) is 11.7 Å². The lowest BCUT2D eigenvalue weighted by molar-refractivity contribution is -0.135. The van der Waals surface area contributed by atoms with Crippen molar-refractivity contribution < 1.29 is 9.59 Å². The fourth-order valence-corrected chi connectivity index (χ4v) is 5.26. The molecule has 2 aliphatic rings. The predicted molar refractivity (Wildman–Crippen MR) is 131 cm³/mol. The molecule has 9 heteroatoms. The number of carbonyl (C=O) groups is 2. The van der Waals surface area contributed by atoms with Crippen molar-refractivity contribution >= 4 is 28.4 Å². The van der Waals surface area contributed by atoms with Gasteiger partial charge in [0.25, 0.3) is 0 Å². The summed E-state index contributed by atoms with van der Waals surface area (Å²) in [6.07, 6.45) is 12.4. The summed E-state index contributed by atoms with van der Waals surface area (Å²) in [7, 11) is 0. The number of nitrogens with zero attached hydrogens (tertiary/aromatic N) is 5. The van der Waals surface area contributed by atoms with Gasteiger partial charge in [-0.25, -0.2) is 4.98 Å². The highest BCUT2D eigenvalue weighted by molar-refractivity contribution is 5.98. The van der Waals surface area contributed by atoms with E-state index in [2.05, 4.69) is 31.5 Å². The highest BCUT2D eigenvalue weighted by Gasteiger charge is 2.35. The molecule has 35 heavy (non-hydrogen) atoms. The summed E-state index contributed by atoms with van der Waals surface area (Å²) in [6.45, 7) is 1.15. The number of pyridine rings is 1. The van der Waals surface area contributed by atoms with E-state index in [4.69, 9.17) is 0 Å². The molecule has 0 aromatic carbocycles. The summed E-state index contributed by atoms with van der Waals surface area (Å²) in [5, 5.41) is 12.7. The Balaban J connectivity index is 1.14. The van der Waals surface area contributed by atoms with E-state index in [0.717, 1.165) is 71.0 Å². The van der Waals surface area contributed by atoms with E-state index in [-0.39, 0.29) is 17.9 Å². The molecule has 1 unspecified atom stereocenters. The maximum absolute atomic E-state index is 12.9. The molecule has 178 valence electrons. The van der Waals surface area contributed by atoms with E-state index < -0.39 is 0 Å². The first-order valence-corrected chi connectivity index (χ1v) is 12.2. The minimum Gasteiger partial charge on any atom is -0.354 e. The Labute approximate surface area is 202 Å². The molecule has 1 fully saturated rings. The lowest BCUT2D eigenvalue weighted by Crippen LogP contribution is -2.46. The van der Waals surface area contributed by atoms with Gasteiger partial charge in [-0.3, -0.25) is 9.59 Å². The summed E-state index contributed by atoms with van der Waals surface area (Å²) in [5.74, 6) is -0.0273. The van der Waals surface area contributed by atoms with Gasteiger partial charge in [-0.05, 0) is 61.9 Å². The molecule has 2 amide bonds. The van der Waals surface area contributed by atoms with E-state index in [1.54, 1.807) is 21.9 Å². The summed E-state index contributed by atoms with van der Waals surface area (Å²) in [5.41, 5.74) is 5.61. The van der Waals surface area contributed by atoms with E-state index in [1.165, 1.54) is 0 Å². The fourth-order valence-electron chi connectivity index (χ4n) is 5.26. The van der Waals surface area contributed by atoms with Crippen LogP contribution in [0, 0.1) is 0 Å². The molecule has 9 nitrogen and oxygen atoms in total. The molecule has 0 radical (unpaired) electrons. The smallest absolute Gasteiger partial charge is 0.250 e. The SMILES string of the molecule is O=C(NCCc1cc2c(-c3cnn4ncccc34)ccnc2[nH]1)C1CCCN1C(=O)C1=CCCC1. The molecule has 0 bridgehead atoms. The van der Waals surface area contributed by atoms with Gasteiger partial charge >= 0.3 is 0 Å². The van der Waals surface area contributed by atoms with Gasteiger partial charge in [0, 0.05) is 54.1 Å². The number of aromatic amines is 1. The third-order valence-corrected chi connectivity index (χ3v) is 7.01. The number of allylic oxidation sites excluding steroid dienone is 1. The van der Waals surface area contributed by atoms with Crippen LogP contribution >= 0.6 is 0 Å². The number of hydrogen-bond acceptors (Lipinski definition) is 5. The number of aromatic nitrogens is 5. The molecule has 0 saturated carbocycles. The number of amides is 2. The van der Waals surface area contributed by atoms with Crippen LogP contribution in [-0.2, 0) is 16.0 Å². The minimum atomic E-state index is -0.371. The van der Waals surface area contributed by atoms with Crippen LogP contribution in [0.25, 0.3) is 27.7 Å². The molecule has 1 atom stereocenters. The van der Waals surface area contributed by atoms with Crippen molar-refractivity contribution in [2.75, 3.05) is 13.1 Å². The van der Waals surface area contributed by atoms with E-state index >= 15 is 0 Å². The monoisotopic (exact) mass is 469 g/mol. The highest BCUT2D eigenvalue weighted by Crippen LogP contribution is 2.31. The number of carbonyl (C=O) groups excluding carboxylic acids is 2. The quantitative estimate of drug-likeness (QED) is 0.451. The van der Waals surface area contributed by atoms with Gasteiger partial charge < -0.3 is 15.2 Å². The second-order valence-electron chi connectivity index (χ2n) is 9.19. The fraction of sp³-hybridized carbons (Fsp3) is 0.346. The molecular weight excluding hydrogens is 442 g/mol. The Hall–Kier alpha value is -4.01. The third-order valence-electron chi connectivity index (χ3n) is 7.01. The zero-order chi connectivity index (χ0) is 23.8. The Morgan fingerprint density at radius 3 is 2.97 bits per heavy atom. The van der Waals surface area contributed by atoms with E-state index in [9.17, 15) is 9.59 Å². The lowest BCUT2D eigenvalue weighted by Gasteiger charge is -2.24. The zero-order valence-electron chi connectivity index (χ0n) is 19.4. The third kappa shape index (κ3) is 3.96. The van der Waals surface area contributed by atoms with Crippen LogP contribution < -0.4 is 5.32 Å². The van der Waals surface area contributed by atoms with Gasteiger partial charge in [-0.15, -0.1) is 0 Å². The molecule has 0 spiro atoms. The molecule has 1 saturated heterocycles. The van der Waals surface area contributed by atoms with Crippen LogP contribution in [0.2, 0.25) is 0 Å². The lowest BCUT2D eigenvalue weighted by atomic mass is 10.1. The second-order valence-corrected chi connectivity index (χ2v) is 9.19. The summed E-state index contributed by atoms with van der Waals surface area (Å²) >= 11 is 0. The van der Waals surface area contributed by atoms with Crippen molar-refractivity contribution in [2.24, 2.45) is 0 Å². The van der Waals surface area contributed by atoms with Crippen LogP contribution in [-0.4, -0.2) is 60.6 Å². The first kappa shape index (κ1) is 21.5. The zero-order valence-corrected chi connectivity index (χ0v) is 19.4. The van der Waals surface area contributed by atoms with Crippen LogP contribution in [0.1, 0.15) is 37.8 Å². The Morgan fingerprint density at radius 2 is 2.09 bits per heavy atom. The Bertz CT molecular complexity index is 1450. The summed E-state index contributed by atoms with van der Waals surface area (Å²) in [4.78, 5) is 35.4. The van der Waals surface area contributed by atoms with Gasteiger partial charge in [0.2, 0.25) is 11.8 Å². The van der Waals surface area contributed by atoms with Crippen LogP contribution in [0.3, 0.4) is 0 Å². The average molecular weight is 470 g/mol. The van der Waals surface area contributed by atoms with Crippen molar-refractivity contribution in [2.45, 2.75) is 44.6 Å². The number of hydrogen-bond donors (Lipinski definition) is 2. The van der Waals surface area contributed by atoms with Crippen molar-refractivity contribution in [3.63, 3.8) is 0 Å². The second kappa shape index (κ2) is 8.98. The van der Waals surface area contributed by atoms with Crippen LogP contribution in [0.15, 0.2) is 54.5 Å². The first-order valence-electron chi connectivity index (χ1n) is 12.2. The molecule has 6 rings (SSSR count). The maximum atomic E-state index is 12.9. The molecule has 4 aromatic heterocycles. The average Bonchev–Trinajstić information content (AvgIpc) is 3.68. The standard InChI is InChI=1S/C26H27N7O2/c34-25(23-8-4-14-32(23)26(35)17-5-1-2-6-17)28-12-9-18-15-20-19(10-13-27-24(20)31-18)21-16-30-33-22(21)7-3-11-29-33/h3,5,7,10-11,13,15-16,23H,1-2,4,6,8-9,12,14H2,(H,27,31)(H,28,34). The molecule has 2 N–H and O–H groups in total. The molecule has 1 aliphatic carbocycles. The summed E-state index contributed by atoms with van der Waals surface area (Å²) < 4.78 is 1.62. The minimum absolute atomic E-state index is 0.0391. The number of likely N-dealkylation sites (tertiary alicyclic amines) is 1. The summed E-state index contributed by atoms with van der Waals surface area (Å²) in [6, 6.07) is 7.59. The molecule has 1 aliphatic heterocycles. The van der Waals surface area contributed by atoms with Gasteiger partial charge in [0.1, 0.15) is 11.7 Å². The van der Waals surface area contributed by atoms with E-state index in [1.807, 2.05) is 30.5 Å². The number of H-pyrrole nitrogens is 1. The molecule has 5 heterocycles. The number of rotatable bonds is 6. The van der Waals surface area contributed by atoms with Crippen molar-refractivity contribution in [1.29, 1.82) is 0 Å². The van der Waals surface area contributed by atoms with E-state index in [0.29, 0.717) is 19.5 Å². The maximum Gasteiger partial charge on any atom is 0.250 e. The van der Waals surface area contributed by atoms with Gasteiger partial charge in [-0.2, -0.15) is 14.8 Å². The largest absolute Gasteiger partial charge is 0.354 e. The molecular formula is C26H27N7O2. The normalized spacial score (nSPS) is 17.9. The topological polar surface area (TPSA) is 108 Å². The predicted octanol–water partition coefficient (Wildman–Crippen LogP) is 3.03. The number of nitrogens with one attached hydrogen (secondary N) is 2. The van der Waals surface area contributed by atoms with Gasteiger partial charge in [0.15, 0.2) is 0 Å². The van der Waals surface area contributed by atoms with Gasteiger partial charge in [-0.1, -0.05) is 6.08 Å². The van der Waals surface area contributed by atoms with Crippen molar-refractivity contribution in [1.82, 2.24) is 35.0 Å². The number of fused-ring (bicyclic) bond motifs is 2. The van der Waals surface area contributed by atoms with Crippen LogP contribution in [0.4, 0.5) is 0 Å². The Morgan fingerprint density at radius 1 is 1.14 bits per heavy atom. The van der Waals surface area contributed by atoms with Crippen molar-refractivity contribution in [3.05, 3.63) is 60.2 Å². The van der Waals surface area contributed by atoms with Crippen LogP contribution in [0.5, 0.6) is 0 Å². The highest BCUT2D eigenvalue weighted by atomic mass is 16.2. The Kier molecular flexibility index (Phi) is 5.52.